The molecule has 52 heavy (non-hydrogen) atoms. The Labute approximate surface area is 322 Å². The van der Waals surface area contributed by atoms with Crippen LogP contribution in [0.2, 0.25) is 0 Å². The first-order valence-corrected chi connectivity index (χ1v) is 20.5. The fourth-order valence-corrected chi connectivity index (χ4v) is 17.0. The molecule has 2 aliphatic rings. The van der Waals surface area contributed by atoms with Crippen LogP contribution in [0.4, 0.5) is 26.3 Å². The summed E-state index contributed by atoms with van der Waals surface area (Å²) in [4.78, 5) is 0. The average molecular weight is 831 g/mol. The molecule has 0 saturated heterocycles. The van der Waals surface area contributed by atoms with Crippen LogP contribution >= 0.6 is 0 Å². The molecule has 0 radical (unpaired) electrons. The molecular formula is C43H38Cl2F6Zr. The van der Waals surface area contributed by atoms with Crippen LogP contribution in [0.5, 0.6) is 0 Å². The summed E-state index contributed by atoms with van der Waals surface area (Å²) >= 11 is -3.52. The van der Waals surface area contributed by atoms with E-state index in [1.807, 2.05) is 12.1 Å². The molecular weight excluding hydrogens is 793 g/mol. The van der Waals surface area contributed by atoms with Gasteiger partial charge in [-0.2, -0.15) is 0 Å². The zero-order chi connectivity index (χ0) is 36.2. The standard InChI is InChI=1S/C17H13.C15H8F6.C11H17.2ClH.Zr/c1-3-12-5-7-14-11-15-8-6-13(4-2)10-17(15)16(14)9-12;16-14(17,18)12-5-1-10(2-6-12)9-11-3-7-13(8-4-11)15(19,20)21;1-5-9-6-7-10(8-9)11(2,3)4;;;/h3-11H,1-2H2;1-8H;7-9H,5H2,1-4H3;2*1H;/q;;;;;+2/p-2. The second-order valence-electron chi connectivity index (χ2n) is 14.0. The summed E-state index contributed by atoms with van der Waals surface area (Å²) in [6, 6.07) is 23.0. The Balaban J connectivity index is 0.00000302. The van der Waals surface area contributed by atoms with Gasteiger partial charge in [-0.15, -0.1) is 0 Å². The Morgan fingerprint density at radius 3 is 1.44 bits per heavy atom. The maximum Gasteiger partial charge on any atom is -1.00 e. The molecule has 0 aromatic heterocycles. The maximum absolute atomic E-state index is 13.8. The second-order valence-corrected chi connectivity index (χ2v) is 20.1. The third-order valence-corrected chi connectivity index (χ3v) is 18.3. The first kappa shape index (κ1) is 41.5. The van der Waals surface area contributed by atoms with Crippen molar-refractivity contribution in [2.45, 2.75) is 50.1 Å². The van der Waals surface area contributed by atoms with Crippen LogP contribution in [0, 0.1) is 11.3 Å². The first-order chi connectivity index (χ1) is 23.5. The predicted octanol–water partition coefficient (Wildman–Crippen LogP) is 6.87. The average Bonchev–Trinajstić information content (AvgIpc) is 3.65. The van der Waals surface area contributed by atoms with E-state index >= 15 is 0 Å². The van der Waals surface area contributed by atoms with Crippen molar-refractivity contribution in [1.82, 2.24) is 0 Å². The van der Waals surface area contributed by atoms with Crippen molar-refractivity contribution in [3.8, 4) is 11.1 Å². The van der Waals surface area contributed by atoms with Gasteiger partial charge < -0.3 is 24.8 Å². The molecule has 0 bridgehead atoms. The molecule has 0 fully saturated rings. The Bertz CT molecular complexity index is 1960. The van der Waals surface area contributed by atoms with Gasteiger partial charge in [-0.3, -0.25) is 0 Å². The molecule has 9 heteroatoms. The fraction of sp³-hybridized carbons (Fsp3) is 0.233. The summed E-state index contributed by atoms with van der Waals surface area (Å²) in [5.41, 5.74) is 7.01. The molecule has 1 atom stereocenters. The number of rotatable bonds is 7. The minimum absolute atomic E-state index is 0. The van der Waals surface area contributed by atoms with Gasteiger partial charge in [0.1, 0.15) is 0 Å². The Hall–Kier alpha value is -3.25. The summed E-state index contributed by atoms with van der Waals surface area (Å²) in [7, 11) is 0. The van der Waals surface area contributed by atoms with E-state index in [0.717, 1.165) is 67.3 Å². The fourth-order valence-electron chi connectivity index (χ4n) is 7.15. The summed E-state index contributed by atoms with van der Waals surface area (Å²) in [6.07, 6.45) is 0.000226. The van der Waals surface area contributed by atoms with Gasteiger partial charge >= 0.3 is 299 Å². The van der Waals surface area contributed by atoms with Crippen LogP contribution in [-0.2, 0) is 33.6 Å². The smallest absolute Gasteiger partial charge is 1.00 e. The number of benzene rings is 4. The maximum atomic E-state index is 13.8. The van der Waals surface area contributed by atoms with E-state index in [0.29, 0.717) is 11.1 Å². The minimum atomic E-state index is -4.53. The summed E-state index contributed by atoms with van der Waals surface area (Å²) in [6.45, 7) is 16.6. The van der Waals surface area contributed by atoms with Crippen molar-refractivity contribution in [1.29, 1.82) is 0 Å². The van der Waals surface area contributed by atoms with Crippen LogP contribution < -0.4 is 24.8 Å². The van der Waals surface area contributed by atoms with Gasteiger partial charge in [-0.1, -0.05) is 0 Å². The minimum Gasteiger partial charge on any atom is -1.00 e. The van der Waals surface area contributed by atoms with Gasteiger partial charge in [0.05, 0.1) is 0 Å². The van der Waals surface area contributed by atoms with Gasteiger partial charge in [0.2, 0.25) is 0 Å². The number of fused-ring (bicyclic) bond motifs is 3. The zero-order valence-corrected chi connectivity index (χ0v) is 33.2. The Morgan fingerprint density at radius 1 is 0.673 bits per heavy atom. The number of hydrogen-bond donors (Lipinski definition) is 0. The van der Waals surface area contributed by atoms with E-state index in [9.17, 15) is 26.3 Å². The van der Waals surface area contributed by atoms with Crippen molar-refractivity contribution >= 4 is 15.4 Å². The number of allylic oxidation sites excluding steroid dienone is 4. The van der Waals surface area contributed by atoms with Crippen LogP contribution in [0.25, 0.3) is 23.3 Å². The van der Waals surface area contributed by atoms with Crippen molar-refractivity contribution in [2.24, 2.45) is 11.3 Å². The molecule has 6 rings (SSSR count). The molecule has 270 valence electrons. The molecule has 0 nitrogen and oxygen atoms in total. The van der Waals surface area contributed by atoms with E-state index in [-0.39, 0.29) is 39.8 Å². The molecule has 0 spiro atoms. The molecule has 0 N–H and O–H groups in total. The molecule has 0 saturated carbocycles. The zero-order valence-electron chi connectivity index (χ0n) is 29.2. The van der Waals surface area contributed by atoms with Gasteiger partial charge in [-0.05, 0) is 0 Å². The van der Waals surface area contributed by atoms with Crippen molar-refractivity contribution in [3.63, 3.8) is 0 Å². The van der Waals surface area contributed by atoms with Crippen LogP contribution in [0.3, 0.4) is 0 Å². The predicted molar refractivity (Wildman–Crippen MR) is 189 cm³/mol. The Morgan fingerprint density at radius 2 is 1.10 bits per heavy atom. The first-order valence-electron chi connectivity index (χ1n) is 16.6. The van der Waals surface area contributed by atoms with Gasteiger partial charge in [0.25, 0.3) is 0 Å². The summed E-state index contributed by atoms with van der Waals surface area (Å²) in [5.74, 6) is 0.0879. The molecule has 2 aliphatic carbocycles. The van der Waals surface area contributed by atoms with E-state index in [4.69, 9.17) is 0 Å². The summed E-state index contributed by atoms with van der Waals surface area (Å²) in [5, 5.41) is 0. The molecule has 0 aliphatic heterocycles. The van der Waals surface area contributed by atoms with Crippen LogP contribution in [-0.4, -0.2) is 3.21 Å². The monoisotopic (exact) mass is 828 g/mol. The molecule has 1 unspecified atom stereocenters. The third kappa shape index (κ3) is 7.98. The van der Waals surface area contributed by atoms with Crippen molar-refractivity contribution in [3.05, 3.63) is 164 Å². The van der Waals surface area contributed by atoms with Gasteiger partial charge in [0, 0.05) is 0 Å². The van der Waals surface area contributed by atoms with Crippen molar-refractivity contribution < 1.29 is 72.4 Å². The van der Waals surface area contributed by atoms with E-state index in [2.05, 4.69) is 77.3 Å². The van der Waals surface area contributed by atoms with Crippen LogP contribution in [0.1, 0.15) is 82.2 Å². The van der Waals surface area contributed by atoms with Crippen LogP contribution in [0.15, 0.2) is 119 Å². The second kappa shape index (κ2) is 15.6. The van der Waals surface area contributed by atoms with Gasteiger partial charge in [-0.25, -0.2) is 0 Å². The molecule has 0 amide bonds. The van der Waals surface area contributed by atoms with Crippen molar-refractivity contribution in [2.75, 3.05) is 0 Å². The number of alkyl halides is 6. The van der Waals surface area contributed by atoms with Gasteiger partial charge in [0.15, 0.2) is 0 Å². The molecule has 4 aromatic carbocycles. The topological polar surface area (TPSA) is 0 Å². The third-order valence-electron chi connectivity index (χ3n) is 9.81. The normalized spacial score (nSPS) is 15.2. The SMILES string of the molecule is C=Cc1ccc2c(c1)-c1cc(C=C)ccc1[CH]2[Zr+2]([C]1=CC(C(C)(C)C)=CC1CC)=[C](c1ccc(C(F)(F)F)cc1)c1ccc(C(F)(F)F)cc1.[Cl-].[Cl-]. The quantitative estimate of drug-likeness (QED) is 0.179. The largest absolute Gasteiger partial charge is 1.00 e. The van der Waals surface area contributed by atoms with E-state index < -0.39 is 44.7 Å². The molecule has 4 aromatic rings. The summed E-state index contributed by atoms with van der Waals surface area (Å²) < 4.78 is 85.0. The number of halogens is 8. The molecule has 0 heterocycles. The van der Waals surface area contributed by atoms with E-state index in [1.165, 1.54) is 33.1 Å². The number of hydrogen-bond acceptors (Lipinski definition) is 0. The Kier molecular flexibility index (Phi) is 12.5. The van der Waals surface area contributed by atoms with E-state index in [1.54, 1.807) is 12.2 Å².